The van der Waals surface area contributed by atoms with Gasteiger partial charge in [-0.15, -0.1) is 0 Å². The van der Waals surface area contributed by atoms with E-state index < -0.39 is 0 Å². The second kappa shape index (κ2) is 5.84. The molecule has 104 valence electrons. The molecule has 0 bridgehead atoms. The van der Waals surface area contributed by atoms with Crippen molar-refractivity contribution in [3.63, 3.8) is 0 Å². The Bertz CT molecular complexity index is 656. The average Bonchev–Trinajstić information content (AvgIpc) is 2.42. The number of hydrogen-bond donors (Lipinski definition) is 1. The molecule has 0 saturated carbocycles. The summed E-state index contributed by atoms with van der Waals surface area (Å²) in [5.74, 6) is 0.504. The van der Waals surface area contributed by atoms with Gasteiger partial charge in [0.1, 0.15) is 0 Å². The molecule has 20 heavy (non-hydrogen) atoms. The summed E-state index contributed by atoms with van der Waals surface area (Å²) >= 11 is 3.53. The maximum atomic E-state index is 6.21. The molecule has 0 unspecified atom stereocenters. The third kappa shape index (κ3) is 2.96. The zero-order valence-corrected chi connectivity index (χ0v) is 13.8. The number of nitrogens with two attached hydrogens (primary N) is 1. The molecule has 0 aliphatic carbocycles. The second-order valence-corrected chi connectivity index (χ2v) is 6.36. The van der Waals surface area contributed by atoms with Crippen molar-refractivity contribution >= 4 is 27.2 Å². The van der Waals surface area contributed by atoms with Crippen molar-refractivity contribution in [2.24, 2.45) is 0 Å². The topological polar surface area (TPSA) is 26.0 Å². The number of nitrogen functional groups attached to an aromatic ring is 1. The van der Waals surface area contributed by atoms with Crippen molar-refractivity contribution in [3.8, 4) is 0 Å². The SMILES string of the molecule is C=C(c1cccc(C(C)C)c1)c1cc(Br)cc(C)c1N. The van der Waals surface area contributed by atoms with Crippen LogP contribution in [0.1, 0.15) is 42.0 Å². The highest BCUT2D eigenvalue weighted by Gasteiger charge is 2.10. The van der Waals surface area contributed by atoms with Crippen LogP contribution >= 0.6 is 15.9 Å². The van der Waals surface area contributed by atoms with Gasteiger partial charge in [-0.1, -0.05) is 60.6 Å². The summed E-state index contributed by atoms with van der Waals surface area (Å²) in [6, 6.07) is 12.6. The first-order valence-electron chi connectivity index (χ1n) is 6.75. The zero-order chi connectivity index (χ0) is 14.9. The molecule has 2 N–H and O–H groups in total. The Balaban J connectivity index is 2.49. The Kier molecular flexibility index (Phi) is 4.34. The van der Waals surface area contributed by atoms with Gasteiger partial charge in [-0.2, -0.15) is 0 Å². The van der Waals surface area contributed by atoms with Crippen LogP contribution in [0.15, 0.2) is 47.4 Å². The summed E-state index contributed by atoms with van der Waals surface area (Å²) in [6.45, 7) is 10.6. The molecule has 2 aromatic rings. The molecule has 2 aromatic carbocycles. The lowest BCUT2D eigenvalue weighted by molar-refractivity contribution is 0.866. The predicted molar refractivity (Wildman–Crippen MR) is 92.0 cm³/mol. The van der Waals surface area contributed by atoms with Crippen LogP contribution in [0, 0.1) is 6.92 Å². The molecular weight excluding hydrogens is 310 g/mol. The van der Waals surface area contributed by atoms with Crippen LogP contribution < -0.4 is 5.73 Å². The number of benzene rings is 2. The number of anilines is 1. The van der Waals surface area contributed by atoms with Crippen LogP contribution in [0.25, 0.3) is 5.57 Å². The summed E-state index contributed by atoms with van der Waals surface area (Å²) in [5, 5.41) is 0. The van der Waals surface area contributed by atoms with Gasteiger partial charge in [0.2, 0.25) is 0 Å². The third-order valence-corrected chi connectivity index (χ3v) is 4.04. The molecule has 2 heteroatoms. The third-order valence-electron chi connectivity index (χ3n) is 3.58. The smallest absolute Gasteiger partial charge is 0.0424 e. The molecule has 0 aliphatic rings. The van der Waals surface area contributed by atoms with Crippen molar-refractivity contribution < 1.29 is 0 Å². The number of halogens is 1. The first-order valence-corrected chi connectivity index (χ1v) is 7.54. The van der Waals surface area contributed by atoms with E-state index in [1.54, 1.807) is 0 Å². The van der Waals surface area contributed by atoms with E-state index >= 15 is 0 Å². The van der Waals surface area contributed by atoms with Gasteiger partial charge < -0.3 is 5.73 Å². The van der Waals surface area contributed by atoms with Crippen molar-refractivity contribution in [1.82, 2.24) is 0 Å². The van der Waals surface area contributed by atoms with Crippen LogP contribution in [0.5, 0.6) is 0 Å². The van der Waals surface area contributed by atoms with E-state index in [1.165, 1.54) is 5.56 Å². The molecule has 0 spiro atoms. The minimum Gasteiger partial charge on any atom is -0.398 e. The molecule has 0 saturated heterocycles. The quantitative estimate of drug-likeness (QED) is 0.736. The van der Waals surface area contributed by atoms with E-state index in [2.05, 4.69) is 60.6 Å². The van der Waals surface area contributed by atoms with E-state index in [0.29, 0.717) is 5.92 Å². The lowest BCUT2D eigenvalue weighted by Gasteiger charge is -2.14. The van der Waals surface area contributed by atoms with Crippen LogP contribution in [0.2, 0.25) is 0 Å². The Morgan fingerprint density at radius 1 is 1.20 bits per heavy atom. The number of aryl methyl sites for hydroxylation is 1. The van der Waals surface area contributed by atoms with Gasteiger partial charge in [0.05, 0.1) is 0 Å². The Hall–Kier alpha value is -1.54. The highest BCUT2D eigenvalue weighted by molar-refractivity contribution is 9.10. The Labute approximate surface area is 129 Å². The lowest BCUT2D eigenvalue weighted by Crippen LogP contribution is -1.98. The molecule has 0 amide bonds. The van der Waals surface area contributed by atoms with E-state index in [0.717, 1.165) is 32.4 Å². The number of hydrogen-bond acceptors (Lipinski definition) is 1. The molecular formula is C18H20BrN. The maximum Gasteiger partial charge on any atom is 0.0424 e. The lowest BCUT2D eigenvalue weighted by atomic mass is 9.93. The van der Waals surface area contributed by atoms with Crippen molar-refractivity contribution in [3.05, 3.63) is 69.7 Å². The Morgan fingerprint density at radius 2 is 1.90 bits per heavy atom. The van der Waals surface area contributed by atoms with Crippen molar-refractivity contribution in [2.45, 2.75) is 26.7 Å². The predicted octanol–water partition coefficient (Wildman–Crippen LogP) is 5.52. The molecule has 0 aliphatic heterocycles. The molecule has 2 rings (SSSR count). The fraction of sp³-hybridized carbons (Fsp3) is 0.222. The summed E-state index contributed by atoms with van der Waals surface area (Å²) in [5.41, 5.74) is 12.5. The maximum absolute atomic E-state index is 6.21. The van der Waals surface area contributed by atoms with Gasteiger partial charge in [0.25, 0.3) is 0 Å². The minimum absolute atomic E-state index is 0.504. The number of rotatable bonds is 3. The normalized spacial score (nSPS) is 10.8. The van der Waals surface area contributed by atoms with E-state index in [4.69, 9.17) is 5.73 Å². The molecule has 0 radical (unpaired) electrons. The van der Waals surface area contributed by atoms with Crippen LogP contribution in [-0.4, -0.2) is 0 Å². The summed E-state index contributed by atoms with van der Waals surface area (Å²) in [7, 11) is 0. The van der Waals surface area contributed by atoms with Crippen molar-refractivity contribution in [1.29, 1.82) is 0 Å². The Morgan fingerprint density at radius 3 is 2.55 bits per heavy atom. The minimum atomic E-state index is 0.504. The second-order valence-electron chi connectivity index (χ2n) is 5.44. The summed E-state index contributed by atoms with van der Waals surface area (Å²) < 4.78 is 1.03. The van der Waals surface area contributed by atoms with Gasteiger partial charge in [0, 0.05) is 15.7 Å². The first-order chi connectivity index (χ1) is 9.40. The van der Waals surface area contributed by atoms with E-state index in [1.807, 2.05) is 19.1 Å². The average molecular weight is 330 g/mol. The van der Waals surface area contributed by atoms with Gasteiger partial charge >= 0.3 is 0 Å². The van der Waals surface area contributed by atoms with E-state index in [9.17, 15) is 0 Å². The van der Waals surface area contributed by atoms with Crippen LogP contribution in [0.3, 0.4) is 0 Å². The molecule has 0 fully saturated rings. The molecule has 1 nitrogen and oxygen atoms in total. The zero-order valence-electron chi connectivity index (χ0n) is 12.2. The summed E-state index contributed by atoms with van der Waals surface area (Å²) in [6.07, 6.45) is 0. The van der Waals surface area contributed by atoms with Crippen molar-refractivity contribution in [2.75, 3.05) is 5.73 Å². The highest BCUT2D eigenvalue weighted by Crippen LogP contribution is 2.32. The molecule has 0 atom stereocenters. The molecule has 0 aromatic heterocycles. The van der Waals surface area contributed by atoms with Gasteiger partial charge in [-0.05, 0) is 47.2 Å². The van der Waals surface area contributed by atoms with Gasteiger partial charge in [-0.25, -0.2) is 0 Å². The van der Waals surface area contributed by atoms with Gasteiger partial charge in [-0.3, -0.25) is 0 Å². The van der Waals surface area contributed by atoms with E-state index in [-0.39, 0.29) is 0 Å². The fourth-order valence-corrected chi connectivity index (χ4v) is 2.82. The fourth-order valence-electron chi connectivity index (χ4n) is 2.24. The summed E-state index contributed by atoms with van der Waals surface area (Å²) in [4.78, 5) is 0. The monoisotopic (exact) mass is 329 g/mol. The first kappa shape index (κ1) is 14.9. The van der Waals surface area contributed by atoms with Gasteiger partial charge in [0.15, 0.2) is 0 Å². The molecule has 0 heterocycles. The highest BCUT2D eigenvalue weighted by atomic mass is 79.9. The van der Waals surface area contributed by atoms with Crippen LogP contribution in [0.4, 0.5) is 5.69 Å². The van der Waals surface area contributed by atoms with Crippen LogP contribution in [-0.2, 0) is 0 Å². The standard InChI is InChI=1S/C18H20BrN/c1-11(2)14-6-5-7-15(9-14)13(4)17-10-16(19)8-12(3)18(17)20/h5-11H,4,20H2,1-3H3. The largest absolute Gasteiger partial charge is 0.398 e.